The van der Waals surface area contributed by atoms with Crippen LogP contribution in [0, 0.1) is 6.92 Å². The number of carboxylic acids is 1. The van der Waals surface area contributed by atoms with Gasteiger partial charge in [0, 0.05) is 11.1 Å². The molecule has 0 aliphatic rings. The highest BCUT2D eigenvalue weighted by atomic mass is 16.6. The molecular formula is C22H26O4. The molecule has 0 aliphatic heterocycles. The van der Waals surface area contributed by atoms with Crippen molar-refractivity contribution in [2.75, 3.05) is 0 Å². The Hall–Kier alpha value is -3.14. The number of hydrogen-bond donors (Lipinski definition) is 1. The molecule has 0 aromatic heterocycles. The summed E-state index contributed by atoms with van der Waals surface area (Å²) in [5.74, 6) is -1.28. The molecule has 0 heterocycles. The Morgan fingerprint density at radius 2 is 1.31 bits per heavy atom. The maximum Gasteiger partial charge on any atom is 0.333 e. The molecule has 0 saturated heterocycles. The van der Waals surface area contributed by atoms with Crippen molar-refractivity contribution < 1.29 is 19.4 Å². The molecule has 0 amide bonds. The fourth-order valence-corrected chi connectivity index (χ4v) is 1.38. The third kappa shape index (κ3) is 12.3. The molecule has 4 nitrogen and oxygen atoms in total. The molecule has 2 aromatic rings. The number of carbonyl (C=O) groups excluding carboxylic acids is 1. The maximum absolute atomic E-state index is 11.0. The van der Waals surface area contributed by atoms with Crippen molar-refractivity contribution in [2.24, 2.45) is 0 Å². The van der Waals surface area contributed by atoms with Gasteiger partial charge in [-0.25, -0.2) is 9.59 Å². The summed E-state index contributed by atoms with van der Waals surface area (Å²) in [6, 6.07) is 19.8. The van der Waals surface area contributed by atoms with Gasteiger partial charge in [-0.1, -0.05) is 79.4 Å². The van der Waals surface area contributed by atoms with Crippen LogP contribution < -0.4 is 0 Å². The second-order valence-corrected chi connectivity index (χ2v) is 5.58. The van der Waals surface area contributed by atoms with Crippen LogP contribution in [0.5, 0.6) is 0 Å². The standard InChI is InChI=1S/C11H12O2.C7H8.C4H6O2/c1-9(2)11(12)13-8-10-6-4-3-5-7-10;1-7-5-3-2-4-6-7;1-3(2)4(5)6/h3-7H,1,8H2,2H3;2-6H,1H3;1H2,2H3,(H,5,6)/i11+1;;4+1. The Kier molecular flexibility index (Phi) is 11.6. The van der Waals surface area contributed by atoms with Gasteiger partial charge in [0.1, 0.15) is 6.61 Å². The molecule has 0 unspecified atom stereocenters. The molecule has 1 N–H and O–H groups in total. The second-order valence-electron chi connectivity index (χ2n) is 5.58. The summed E-state index contributed by atoms with van der Waals surface area (Å²) in [7, 11) is 0. The van der Waals surface area contributed by atoms with Gasteiger partial charge in [0.25, 0.3) is 0 Å². The Bertz CT molecular complexity index is 691. The van der Waals surface area contributed by atoms with Gasteiger partial charge in [0.05, 0.1) is 0 Å². The van der Waals surface area contributed by atoms with E-state index >= 15 is 0 Å². The van der Waals surface area contributed by atoms with E-state index in [1.165, 1.54) is 12.5 Å². The summed E-state index contributed by atoms with van der Waals surface area (Å²) < 4.78 is 4.95. The lowest BCUT2D eigenvalue weighted by Crippen LogP contribution is -2.04. The zero-order chi connectivity index (χ0) is 19.9. The van der Waals surface area contributed by atoms with Crippen LogP contribution in [0.1, 0.15) is 25.0 Å². The summed E-state index contributed by atoms with van der Waals surface area (Å²) in [4.78, 5) is 20.6. The first-order chi connectivity index (χ1) is 12.2. The fraction of sp³-hybridized carbons (Fsp3) is 0.182. The van der Waals surface area contributed by atoms with E-state index in [0.717, 1.165) is 5.56 Å². The normalized spacial score (nSPS) is 8.73. The summed E-state index contributed by atoms with van der Waals surface area (Å²) in [6.45, 7) is 12.1. The van der Waals surface area contributed by atoms with Crippen LogP contribution in [0.4, 0.5) is 0 Å². The molecule has 2 rings (SSSR count). The number of ether oxygens (including phenoxy) is 1. The number of carbonyl (C=O) groups is 2. The van der Waals surface area contributed by atoms with Gasteiger partial charge >= 0.3 is 11.9 Å². The zero-order valence-electron chi connectivity index (χ0n) is 15.6. The van der Waals surface area contributed by atoms with E-state index in [1.807, 2.05) is 48.5 Å². The maximum atomic E-state index is 11.0. The average Bonchev–Trinajstić information content (AvgIpc) is 2.62. The van der Waals surface area contributed by atoms with Crippen molar-refractivity contribution in [1.29, 1.82) is 0 Å². The van der Waals surface area contributed by atoms with Gasteiger partial charge in [0.2, 0.25) is 0 Å². The number of aryl methyl sites for hydroxylation is 1. The van der Waals surface area contributed by atoms with E-state index in [0.29, 0.717) is 12.2 Å². The van der Waals surface area contributed by atoms with Crippen LogP contribution >= 0.6 is 0 Å². The summed E-state index contributed by atoms with van der Waals surface area (Å²) in [5.41, 5.74) is 2.91. The number of hydrogen-bond acceptors (Lipinski definition) is 3. The highest BCUT2D eigenvalue weighted by Gasteiger charge is 2.02. The third-order valence-corrected chi connectivity index (χ3v) is 2.87. The van der Waals surface area contributed by atoms with E-state index in [4.69, 9.17) is 9.84 Å². The molecule has 0 atom stereocenters. The minimum Gasteiger partial charge on any atom is -0.478 e. The van der Waals surface area contributed by atoms with Crippen LogP contribution in [0.3, 0.4) is 0 Å². The molecule has 26 heavy (non-hydrogen) atoms. The zero-order valence-corrected chi connectivity index (χ0v) is 15.6. The van der Waals surface area contributed by atoms with Crippen molar-refractivity contribution in [3.63, 3.8) is 0 Å². The summed E-state index contributed by atoms with van der Waals surface area (Å²) in [5, 5.41) is 7.89. The van der Waals surface area contributed by atoms with E-state index in [9.17, 15) is 9.59 Å². The Balaban J connectivity index is 0.000000405. The first kappa shape index (κ1) is 22.9. The number of aliphatic carboxylic acids is 1. The lowest BCUT2D eigenvalue weighted by Gasteiger charge is -2.03. The monoisotopic (exact) mass is 356 g/mol. The lowest BCUT2D eigenvalue weighted by molar-refractivity contribution is -0.140. The van der Waals surface area contributed by atoms with Crippen molar-refractivity contribution in [1.82, 2.24) is 0 Å². The predicted octanol–water partition coefficient (Wildman–Crippen LogP) is 4.95. The molecular weight excluding hydrogens is 330 g/mol. The van der Waals surface area contributed by atoms with Crippen LogP contribution in [-0.4, -0.2) is 17.0 Å². The first-order valence-corrected chi connectivity index (χ1v) is 8.01. The fourth-order valence-electron chi connectivity index (χ4n) is 1.38. The number of esters is 1. The number of benzene rings is 2. The van der Waals surface area contributed by atoms with Gasteiger partial charge in [-0.05, 0) is 26.3 Å². The molecule has 0 bridgehead atoms. The van der Waals surface area contributed by atoms with E-state index < -0.39 is 5.97 Å². The summed E-state index contributed by atoms with van der Waals surface area (Å²) >= 11 is 0. The topological polar surface area (TPSA) is 63.6 Å². The minimum atomic E-state index is -0.935. The van der Waals surface area contributed by atoms with Gasteiger partial charge in [0.15, 0.2) is 0 Å². The number of rotatable bonds is 4. The van der Waals surface area contributed by atoms with Crippen LogP contribution in [0.15, 0.2) is 85.0 Å². The Morgan fingerprint density at radius 1 is 0.885 bits per heavy atom. The molecule has 138 valence electrons. The molecule has 4 heteroatoms. The quantitative estimate of drug-likeness (QED) is 0.478. The number of carboxylic acid groups (broad SMARTS) is 1. The summed E-state index contributed by atoms with van der Waals surface area (Å²) in [6.07, 6.45) is 0. The van der Waals surface area contributed by atoms with Crippen LogP contribution in [0.25, 0.3) is 0 Å². The smallest absolute Gasteiger partial charge is 0.333 e. The van der Waals surface area contributed by atoms with Crippen LogP contribution in [-0.2, 0) is 20.9 Å². The average molecular weight is 356 g/mol. The molecule has 0 saturated carbocycles. The van der Waals surface area contributed by atoms with Crippen molar-refractivity contribution >= 4 is 11.9 Å². The third-order valence-electron chi connectivity index (χ3n) is 2.87. The van der Waals surface area contributed by atoms with Gasteiger partial charge in [-0.2, -0.15) is 0 Å². The van der Waals surface area contributed by atoms with Crippen LogP contribution in [0.2, 0.25) is 0 Å². The van der Waals surface area contributed by atoms with Crippen molar-refractivity contribution in [3.8, 4) is 0 Å². The second kappa shape index (κ2) is 13.2. The first-order valence-electron chi connectivity index (χ1n) is 8.01. The van der Waals surface area contributed by atoms with E-state index in [2.05, 4.69) is 32.2 Å². The molecule has 0 radical (unpaired) electrons. The van der Waals surface area contributed by atoms with Crippen molar-refractivity contribution in [2.45, 2.75) is 27.4 Å². The lowest BCUT2D eigenvalue weighted by atomic mass is 10.2. The Labute approximate surface area is 155 Å². The molecule has 0 aliphatic carbocycles. The van der Waals surface area contributed by atoms with Gasteiger partial charge in [-0.15, -0.1) is 0 Å². The SMILES string of the molecule is C=C(C)[13C](=O)O.C=C(C)[13C](=O)OCc1ccccc1.Cc1ccccc1. The Morgan fingerprint density at radius 3 is 1.62 bits per heavy atom. The van der Waals surface area contributed by atoms with E-state index in [1.54, 1.807) is 6.92 Å². The predicted molar refractivity (Wildman–Crippen MR) is 105 cm³/mol. The highest BCUT2D eigenvalue weighted by Crippen LogP contribution is 2.02. The van der Waals surface area contributed by atoms with Gasteiger partial charge < -0.3 is 9.84 Å². The molecule has 2 aromatic carbocycles. The largest absolute Gasteiger partial charge is 0.478 e. The molecule has 0 fully saturated rings. The van der Waals surface area contributed by atoms with E-state index in [-0.39, 0.29) is 11.5 Å². The van der Waals surface area contributed by atoms with Gasteiger partial charge in [-0.3, -0.25) is 0 Å². The van der Waals surface area contributed by atoms with Crippen molar-refractivity contribution in [3.05, 3.63) is 96.1 Å². The minimum absolute atomic E-state index is 0.176. The highest BCUT2D eigenvalue weighted by molar-refractivity contribution is 5.86. The molecule has 0 spiro atoms.